The van der Waals surface area contributed by atoms with Crippen molar-refractivity contribution in [2.45, 2.75) is 51.9 Å². The minimum Gasteiger partial charge on any atom is -0.481 e. The zero-order chi connectivity index (χ0) is 12.7. The SMILES string of the molecule is CCCCCC(=O)N1CCCC(CC(=O)O)C1. The van der Waals surface area contributed by atoms with Gasteiger partial charge in [0.25, 0.3) is 0 Å². The Morgan fingerprint density at radius 3 is 2.76 bits per heavy atom. The van der Waals surface area contributed by atoms with Gasteiger partial charge in [-0.25, -0.2) is 0 Å². The van der Waals surface area contributed by atoms with Gasteiger partial charge in [0.05, 0.1) is 0 Å². The number of carboxylic acid groups (broad SMARTS) is 1. The predicted molar refractivity (Wildman–Crippen MR) is 65.7 cm³/mol. The predicted octanol–water partition coefficient (Wildman–Crippen LogP) is 2.28. The second-order valence-electron chi connectivity index (χ2n) is 4.90. The Bertz CT molecular complexity index is 265. The number of carboxylic acids is 1. The molecule has 1 aliphatic heterocycles. The first kappa shape index (κ1) is 14.0. The molecule has 1 N–H and O–H groups in total. The molecule has 0 aromatic rings. The van der Waals surface area contributed by atoms with Crippen molar-refractivity contribution in [1.82, 2.24) is 4.90 Å². The van der Waals surface area contributed by atoms with Crippen molar-refractivity contribution in [3.8, 4) is 0 Å². The van der Waals surface area contributed by atoms with E-state index < -0.39 is 5.97 Å². The van der Waals surface area contributed by atoms with Crippen molar-refractivity contribution in [3.63, 3.8) is 0 Å². The number of aliphatic carboxylic acids is 1. The number of nitrogens with zero attached hydrogens (tertiary/aromatic N) is 1. The standard InChI is InChI=1S/C13H23NO3/c1-2-3-4-7-12(15)14-8-5-6-11(10-14)9-13(16)17/h11H,2-10H2,1H3,(H,16,17). The number of rotatable bonds is 6. The summed E-state index contributed by atoms with van der Waals surface area (Å²) in [6, 6.07) is 0. The summed E-state index contributed by atoms with van der Waals surface area (Å²) >= 11 is 0. The lowest BCUT2D eigenvalue weighted by Gasteiger charge is -2.32. The van der Waals surface area contributed by atoms with Crippen LogP contribution in [-0.4, -0.2) is 35.0 Å². The maximum Gasteiger partial charge on any atom is 0.303 e. The molecule has 98 valence electrons. The van der Waals surface area contributed by atoms with E-state index >= 15 is 0 Å². The molecule has 0 radical (unpaired) electrons. The third-order valence-corrected chi connectivity index (χ3v) is 3.33. The lowest BCUT2D eigenvalue weighted by molar-refractivity contribution is -0.140. The molecule has 1 unspecified atom stereocenters. The van der Waals surface area contributed by atoms with Gasteiger partial charge < -0.3 is 10.0 Å². The van der Waals surface area contributed by atoms with Crippen molar-refractivity contribution >= 4 is 11.9 Å². The smallest absolute Gasteiger partial charge is 0.303 e. The van der Waals surface area contributed by atoms with E-state index in [2.05, 4.69) is 6.92 Å². The van der Waals surface area contributed by atoms with Crippen LogP contribution in [0.5, 0.6) is 0 Å². The lowest BCUT2D eigenvalue weighted by atomic mass is 9.94. The van der Waals surface area contributed by atoms with E-state index in [0.29, 0.717) is 13.0 Å². The van der Waals surface area contributed by atoms with Crippen LogP contribution >= 0.6 is 0 Å². The normalized spacial score (nSPS) is 20.3. The Balaban J connectivity index is 2.32. The van der Waals surface area contributed by atoms with Crippen LogP contribution < -0.4 is 0 Å². The van der Waals surface area contributed by atoms with Crippen LogP contribution in [0, 0.1) is 5.92 Å². The molecule has 1 atom stereocenters. The fourth-order valence-corrected chi connectivity index (χ4v) is 2.39. The third kappa shape index (κ3) is 5.20. The summed E-state index contributed by atoms with van der Waals surface area (Å²) in [4.78, 5) is 24.4. The molecule has 1 saturated heterocycles. The highest BCUT2D eigenvalue weighted by Crippen LogP contribution is 2.20. The maximum absolute atomic E-state index is 11.9. The Kier molecular flexibility index (Phi) is 6.01. The van der Waals surface area contributed by atoms with E-state index in [1.165, 1.54) is 0 Å². The summed E-state index contributed by atoms with van der Waals surface area (Å²) in [5.41, 5.74) is 0. The average Bonchev–Trinajstić information content (AvgIpc) is 2.28. The van der Waals surface area contributed by atoms with Crippen molar-refractivity contribution < 1.29 is 14.7 Å². The van der Waals surface area contributed by atoms with E-state index in [-0.39, 0.29) is 18.2 Å². The highest BCUT2D eigenvalue weighted by molar-refractivity contribution is 5.76. The zero-order valence-corrected chi connectivity index (χ0v) is 10.7. The van der Waals surface area contributed by atoms with Crippen LogP contribution in [0.15, 0.2) is 0 Å². The fraction of sp³-hybridized carbons (Fsp3) is 0.846. The second kappa shape index (κ2) is 7.30. The second-order valence-corrected chi connectivity index (χ2v) is 4.90. The van der Waals surface area contributed by atoms with Crippen LogP contribution in [0.1, 0.15) is 51.9 Å². The van der Waals surface area contributed by atoms with Gasteiger partial charge >= 0.3 is 5.97 Å². The van der Waals surface area contributed by atoms with Gasteiger partial charge in [-0.05, 0) is 25.2 Å². The van der Waals surface area contributed by atoms with E-state index in [4.69, 9.17) is 5.11 Å². The molecular weight excluding hydrogens is 218 g/mol. The van der Waals surface area contributed by atoms with Crippen LogP contribution in [0.2, 0.25) is 0 Å². The van der Waals surface area contributed by atoms with E-state index in [1.807, 2.05) is 4.90 Å². The lowest BCUT2D eigenvalue weighted by Crippen LogP contribution is -2.40. The van der Waals surface area contributed by atoms with E-state index in [0.717, 1.165) is 38.6 Å². The minimum atomic E-state index is -0.754. The van der Waals surface area contributed by atoms with Crippen molar-refractivity contribution in [2.24, 2.45) is 5.92 Å². The van der Waals surface area contributed by atoms with Gasteiger partial charge in [0.1, 0.15) is 0 Å². The quantitative estimate of drug-likeness (QED) is 0.726. The van der Waals surface area contributed by atoms with Gasteiger partial charge in [-0.2, -0.15) is 0 Å². The first-order valence-corrected chi connectivity index (χ1v) is 6.63. The van der Waals surface area contributed by atoms with Gasteiger partial charge in [-0.15, -0.1) is 0 Å². The molecule has 0 bridgehead atoms. The molecular formula is C13H23NO3. The molecule has 1 aliphatic rings. The number of amides is 1. The van der Waals surface area contributed by atoms with Crippen LogP contribution in [0.3, 0.4) is 0 Å². The highest BCUT2D eigenvalue weighted by atomic mass is 16.4. The first-order chi connectivity index (χ1) is 8.13. The Hall–Kier alpha value is -1.06. The van der Waals surface area contributed by atoms with Crippen molar-refractivity contribution in [2.75, 3.05) is 13.1 Å². The molecule has 1 amide bonds. The zero-order valence-electron chi connectivity index (χ0n) is 10.7. The molecule has 0 aromatic carbocycles. The van der Waals surface area contributed by atoms with Crippen LogP contribution in [0.4, 0.5) is 0 Å². The molecule has 1 heterocycles. The molecule has 0 saturated carbocycles. The molecule has 4 heteroatoms. The summed E-state index contributed by atoms with van der Waals surface area (Å²) in [7, 11) is 0. The van der Waals surface area contributed by atoms with Crippen LogP contribution in [0.25, 0.3) is 0 Å². The molecule has 17 heavy (non-hydrogen) atoms. The Labute approximate surface area is 103 Å². The monoisotopic (exact) mass is 241 g/mol. The first-order valence-electron chi connectivity index (χ1n) is 6.63. The molecule has 1 fully saturated rings. The average molecular weight is 241 g/mol. The van der Waals surface area contributed by atoms with E-state index in [9.17, 15) is 9.59 Å². The van der Waals surface area contributed by atoms with Gasteiger partial charge in [0, 0.05) is 25.9 Å². The number of likely N-dealkylation sites (tertiary alicyclic amines) is 1. The minimum absolute atomic E-state index is 0.149. The molecule has 1 rings (SSSR count). The Morgan fingerprint density at radius 1 is 1.35 bits per heavy atom. The third-order valence-electron chi connectivity index (χ3n) is 3.33. The summed E-state index contributed by atoms with van der Waals surface area (Å²) in [5.74, 6) is -0.403. The largest absolute Gasteiger partial charge is 0.481 e. The summed E-state index contributed by atoms with van der Waals surface area (Å²) in [6.45, 7) is 3.56. The van der Waals surface area contributed by atoms with Gasteiger partial charge in [0.15, 0.2) is 0 Å². The highest BCUT2D eigenvalue weighted by Gasteiger charge is 2.24. The van der Waals surface area contributed by atoms with Crippen LogP contribution in [-0.2, 0) is 9.59 Å². The molecule has 0 aromatic heterocycles. The molecule has 4 nitrogen and oxygen atoms in total. The van der Waals surface area contributed by atoms with Crippen molar-refractivity contribution in [3.05, 3.63) is 0 Å². The summed E-state index contributed by atoms with van der Waals surface area (Å²) in [5, 5.41) is 8.76. The Morgan fingerprint density at radius 2 is 2.12 bits per heavy atom. The summed E-state index contributed by atoms with van der Waals surface area (Å²) in [6.07, 6.45) is 5.86. The van der Waals surface area contributed by atoms with Gasteiger partial charge in [-0.3, -0.25) is 9.59 Å². The number of carbonyl (C=O) groups excluding carboxylic acids is 1. The topological polar surface area (TPSA) is 57.6 Å². The number of unbranched alkanes of at least 4 members (excludes halogenated alkanes) is 2. The number of hydrogen-bond acceptors (Lipinski definition) is 2. The summed E-state index contributed by atoms with van der Waals surface area (Å²) < 4.78 is 0. The molecule has 0 aliphatic carbocycles. The van der Waals surface area contributed by atoms with Crippen molar-refractivity contribution in [1.29, 1.82) is 0 Å². The fourth-order valence-electron chi connectivity index (χ4n) is 2.39. The van der Waals surface area contributed by atoms with Gasteiger partial charge in [-0.1, -0.05) is 19.8 Å². The van der Waals surface area contributed by atoms with Gasteiger partial charge in [0.2, 0.25) is 5.91 Å². The number of piperidine rings is 1. The van der Waals surface area contributed by atoms with E-state index in [1.54, 1.807) is 0 Å². The number of carbonyl (C=O) groups is 2. The molecule has 0 spiro atoms. The maximum atomic E-state index is 11.9. The number of hydrogen-bond donors (Lipinski definition) is 1.